The summed E-state index contributed by atoms with van der Waals surface area (Å²) in [4.78, 5) is 24.4. The molecule has 0 saturated carbocycles. The molecule has 0 aromatic rings. The molecular formula is C53H103NO5. The fourth-order valence-electron chi connectivity index (χ4n) is 8.22. The van der Waals surface area contributed by atoms with Gasteiger partial charge >= 0.3 is 5.97 Å². The maximum absolute atomic E-state index is 12.4. The van der Waals surface area contributed by atoms with Gasteiger partial charge in [-0.05, 0) is 32.1 Å². The molecule has 0 aromatic carbocycles. The molecule has 0 aromatic heterocycles. The Hall–Kier alpha value is -1.40. The number of hydrogen-bond acceptors (Lipinski definition) is 5. The van der Waals surface area contributed by atoms with Crippen molar-refractivity contribution in [3.63, 3.8) is 0 Å². The molecule has 2 atom stereocenters. The lowest BCUT2D eigenvalue weighted by molar-refractivity contribution is -0.143. The third-order valence-electron chi connectivity index (χ3n) is 12.3. The Morgan fingerprint density at radius 1 is 0.458 bits per heavy atom. The molecule has 0 heterocycles. The Bertz CT molecular complexity index is 878. The van der Waals surface area contributed by atoms with Crippen LogP contribution in [0.3, 0.4) is 0 Å². The Morgan fingerprint density at radius 3 is 1.15 bits per heavy atom. The van der Waals surface area contributed by atoms with Gasteiger partial charge in [0.15, 0.2) is 0 Å². The van der Waals surface area contributed by atoms with Crippen LogP contribution in [0.5, 0.6) is 0 Å². The third kappa shape index (κ3) is 45.9. The van der Waals surface area contributed by atoms with Crippen LogP contribution in [0.2, 0.25) is 0 Å². The number of esters is 1. The minimum atomic E-state index is -0.856. The minimum Gasteiger partial charge on any atom is -0.466 e. The Labute approximate surface area is 368 Å². The van der Waals surface area contributed by atoms with Crippen LogP contribution in [0.15, 0.2) is 12.2 Å². The molecule has 1 amide bonds. The maximum atomic E-state index is 12.4. The van der Waals surface area contributed by atoms with Gasteiger partial charge in [0.05, 0.1) is 25.4 Å². The minimum absolute atomic E-state index is 0.0152. The number of aliphatic hydroxyl groups excluding tert-OH is 2. The average molecular weight is 834 g/mol. The van der Waals surface area contributed by atoms with Gasteiger partial charge in [-0.3, -0.25) is 9.59 Å². The first-order chi connectivity index (χ1) is 29.0. The molecule has 0 saturated heterocycles. The van der Waals surface area contributed by atoms with Gasteiger partial charge in [-0.2, -0.15) is 0 Å². The summed E-state index contributed by atoms with van der Waals surface area (Å²) in [5.74, 6) is -0.0994. The van der Waals surface area contributed by atoms with Gasteiger partial charge < -0.3 is 20.3 Å². The average Bonchev–Trinajstić information content (AvgIpc) is 3.24. The number of ether oxygens (including phenoxy) is 1. The second-order valence-corrected chi connectivity index (χ2v) is 18.2. The molecule has 0 aliphatic heterocycles. The molecule has 0 aliphatic carbocycles. The molecule has 0 aliphatic rings. The molecule has 6 heteroatoms. The van der Waals surface area contributed by atoms with Crippen molar-refractivity contribution in [2.24, 2.45) is 0 Å². The molecule has 2 unspecified atom stereocenters. The van der Waals surface area contributed by atoms with Gasteiger partial charge in [-0.25, -0.2) is 0 Å². The Morgan fingerprint density at radius 2 is 0.780 bits per heavy atom. The number of rotatable bonds is 49. The second kappa shape index (κ2) is 49.3. The second-order valence-electron chi connectivity index (χ2n) is 18.2. The number of carbonyl (C=O) groups excluding carboxylic acids is 2. The van der Waals surface area contributed by atoms with E-state index in [1.165, 1.54) is 205 Å². The summed E-state index contributed by atoms with van der Waals surface area (Å²) >= 11 is 0. The number of aliphatic hydroxyl groups is 2. The lowest BCUT2D eigenvalue weighted by atomic mass is 10.0. The van der Waals surface area contributed by atoms with Gasteiger partial charge in [0.2, 0.25) is 5.91 Å². The summed E-state index contributed by atoms with van der Waals surface area (Å²) in [5.41, 5.74) is 0. The molecule has 6 nitrogen and oxygen atoms in total. The quantitative estimate of drug-likeness (QED) is 0.0322. The number of allylic oxidation sites excluding steroid dienone is 1. The highest BCUT2D eigenvalue weighted by atomic mass is 16.5. The maximum Gasteiger partial charge on any atom is 0.305 e. The van der Waals surface area contributed by atoms with Crippen molar-refractivity contribution in [3.8, 4) is 0 Å². The van der Waals surface area contributed by atoms with Crippen LogP contribution in [0.1, 0.15) is 290 Å². The van der Waals surface area contributed by atoms with Crippen LogP contribution in [0.25, 0.3) is 0 Å². The first kappa shape index (κ1) is 57.6. The van der Waals surface area contributed by atoms with Gasteiger partial charge in [0.25, 0.3) is 0 Å². The van der Waals surface area contributed by atoms with Crippen molar-refractivity contribution >= 4 is 11.9 Å². The molecule has 0 radical (unpaired) electrons. The van der Waals surface area contributed by atoms with E-state index >= 15 is 0 Å². The lowest BCUT2D eigenvalue weighted by Crippen LogP contribution is -2.45. The highest BCUT2D eigenvalue weighted by molar-refractivity contribution is 5.76. The Kier molecular flexibility index (Phi) is 48.1. The molecule has 59 heavy (non-hydrogen) atoms. The Balaban J connectivity index is 3.51. The van der Waals surface area contributed by atoms with Gasteiger partial charge in [0.1, 0.15) is 0 Å². The predicted molar refractivity (Wildman–Crippen MR) is 255 cm³/mol. The smallest absolute Gasteiger partial charge is 0.305 e. The summed E-state index contributed by atoms with van der Waals surface area (Å²) < 4.78 is 5.44. The fourth-order valence-corrected chi connectivity index (χ4v) is 8.22. The van der Waals surface area contributed by atoms with E-state index in [9.17, 15) is 19.8 Å². The number of amides is 1. The van der Waals surface area contributed by atoms with Crippen LogP contribution in [0, 0.1) is 0 Å². The van der Waals surface area contributed by atoms with Gasteiger partial charge in [-0.1, -0.05) is 257 Å². The van der Waals surface area contributed by atoms with Crippen molar-refractivity contribution in [1.82, 2.24) is 5.32 Å². The first-order valence-corrected chi connectivity index (χ1v) is 26.5. The normalized spacial score (nSPS) is 12.7. The molecular weight excluding hydrogens is 731 g/mol. The largest absolute Gasteiger partial charge is 0.466 e. The van der Waals surface area contributed by atoms with Crippen LogP contribution in [-0.2, 0) is 14.3 Å². The third-order valence-corrected chi connectivity index (χ3v) is 12.3. The van der Waals surface area contributed by atoms with E-state index in [1.54, 1.807) is 6.08 Å². The fraction of sp³-hybridized carbons (Fsp3) is 0.925. The molecule has 0 fully saturated rings. The number of nitrogens with one attached hydrogen (secondary N) is 1. The van der Waals surface area contributed by atoms with E-state index in [0.717, 1.165) is 57.8 Å². The van der Waals surface area contributed by atoms with Crippen molar-refractivity contribution in [1.29, 1.82) is 0 Å². The van der Waals surface area contributed by atoms with Crippen LogP contribution < -0.4 is 5.32 Å². The SMILES string of the molecule is CCCCCCCCCCCCCCCCCCCC/C=C/C(O)C(CO)NC(=O)CCCCCCCCCCCCCOC(=O)CCCCCCCCCCCCC. The van der Waals surface area contributed by atoms with E-state index in [1.807, 2.05) is 6.08 Å². The van der Waals surface area contributed by atoms with E-state index in [4.69, 9.17) is 4.74 Å². The summed E-state index contributed by atoms with van der Waals surface area (Å²) in [6, 6.07) is -0.641. The van der Waals surface area contributed by atoms with E-state index in [2.05, 4.69) is 19.2 Å². The van der Waals surface area contributed by atoms with Crippen molar-refractivity contribution < 1.29 is 24.5 Å². The predicted octanol–water partition coefficient (Wildman–Crippen LogP) is 15.7. The number of carbonyl (C=O) groups is 2. The molecule has 0 spiro atoms. The van der Waals surface area contributed by atoms with E-state index in [-0.39, 0.29) is 18.5 Å². The van der Waals surface area contributed by atoms with Gasteiger partial charge in [0, 0.05) is 12.8 Å². The highest BCUT2D eigenvalue weighted by Crippen LogP contribution is 2.17. The van der Waals surface area contributed by atoms with Crippen LogP contribution in [0.4, 0.5) is 0 Å². The summed E-state index contributed by atoms with van der Waals surface area (Å²) in [7, 11) is 0. The van der Waals surface area contributed by atoms with Crippen LogP contribution in [-0.4, -0.2) is 47.4 Å². The molecule has 3 N–H and O–H groups in total. The highest BCUT2D eigenvalue weighted by Gasteiger charge is 2.18. The standard InChI is InChI=1S/C53H103NO5/c1-3-5-7-9-11-13-15-16-17-18-19-20-21-22-23-26-29-33-37-41-45-51(56)50(49-55)54-52(57)46-42-38-34-30-27-24-28-32-36-40-44-48-59-53(58)47-43-39-35-31-25-14-12-10-8-6-4-2/h41,45,50-51,55-56H,3-40,42-44,46-49H2,1-2H3,(H,54,57)/b45-41+. The number of hydrogen-bond donors (Lipinski definition) is 3. The van der Waals surface area contributed by atoms with Gasteiger partial charge in [-0.15, -0.1) is 0 Å². The first-order valence-electron chi connectivity index (χ1n) is 26.5. The summed E-state index contributed by atoms with van der Waals surface area (Å²) in [6.07, 6.45) is 56.4. The van der Waals surface area contributed by atoms with Crippen molar-refractivity contribution in [2.45, 2.75) is 302 Å². The number of unbranched alkanes of at least 4 members (excludes halogenated alkanes) is 38. The van der Waals surface area contributed by atoms with E-state index in [0.29, 0.717) is 19.4 Å². The zero-order chi connectivity index (χ0) is 43.0. The van der Waals surface area contributed by atoms with Crippen molar-refractivity contribution in [3.05, 3.63) is 12.2 Å². The molecule has 0 rings (SSSR count). The molecule has 0 bridgehead atoms. The summed E-state index contributed by atoms with van der Waals surface area (Å²) in [6.45, 7) is 4.87. The van der Waals surface area contributed by atoms with Crippen LogP contribution >= 0.6 is 0 Å². The van der Waals surface area contributed by atoms with Crippen molar-refractivity contribution in [2.75, 3.05) is 13.2 Å². The summed E-state index contributed by atoms with van der Waals surface area (Å²) in [5, 5.41) is 23.1. The zero-order valence-electron chi connectivity index (χ0n) is 39.7. The lowest BCUT2D eigenvalue weighted by Gasteiger charge is -2.20. The van der Waals surface area contributed by atoms with E-state index < -0.39 is 12.1 Å². The topological polar surface area (TPSA) is 95.9 Å². The molecule has 350 valence electrons. The monoisotopic (exact) mass is 834 g/mol. The zero-order valence-corrected chi connectivity index (χ0v) is 39.7.